The maximum absolute atomic E-state index is 5.48. The Morgan fingerprint density at radius 2 is 1.88 bits per heavy atom. The van der Waals surface area contributed by atoms with Gasteiger partial charge in [-0.2, -0.15) is 0 Å². The van der Waals surface area contributed by atoms with E-state index in [1.54, 1.807) is 7.11 Å². The van der Waals surface area contributed by atoms with E-state index in [1.807, 2.05) is 19.2 Å². The molecular formula is C14H21NO2. The molecule has 1 aromatic carbocycles. The van der Waals surface area contributed by atoms with E-state index in [0.29, 0.717) is 0 Å². The summed E-state index contributed by atoms with van der Waals surface area (Å²) in [6.45, 7) is 2.71. The van der Waals surface area contributed by atoms with Gasteiger partial charge in [0, 0.05) is 25.2 Å². The van der Waals surface area contributed by atoms with Crippen molar-refractivity contribution in [3.05, 3.63) is 29.8 Å². The molecule has 0 aliphatic carbocycles. The molecule has 0 bridgehead atoms. The second kappa shape index (κ2) is 5.52. The lowest BCUT2D eigenvalue weighted by molar-refractivity contribution is 0.0505. The summed E-state index contributed by atoms with van der Waals surface area (Å²) in [5.74, 6) is 0.917. The van der Waals surface area contributed by atoms with Crippen molar-refractivity contribution in [3.63, 3.8) is 0 Å². The molecular weight excluding hydrogens is 214 g/mol. The highest BCUT2D eigenvalue weighted by Gasteiger charge is 2.33. The maximum atomic E-state index is 5.48. The van der Waals surface area contributed by atoms with Gasteiger partial charge in [0.05, 0.1) is 7.11 Å². The van der Waals surface area contributed by atoms with Gasteiger partial charge in [-0.25, -0.2) is 0 Å². The molecule has 1 fully saturated rings. The Morgan fingerprint density at radius 1 is 1.24 bits per heavy atom. The molecule has 0 saturated carbocycles. The van der Waals surface area contributed by atoms with Crippen LogP contribution in [0, 0.1) is 0 Å². The van der Waals surface area contributed by atoms with E-state index in [9.17, 15) is 0 Å². The van der Waals surface area contributed by atoms with Crippen LogP contribution in [0.3, 0.4) is 0 Å². The molecule has 0 spiro atoms. The molecule has 0 amide bonds. The van der Waals surface area contributed by atoms with E-state index in [1.165, 1.54) is 5.56 Å². The summed E-state index contributed by atoms with van der Waals surface area (Å²) in [4.78, 5) is 0. The van der Waals surface area contributed by atoms with Gasteiger partial charge in [0.25, 0.3) is 0 Å². The van der Waals surface area contributed by atoms with Crippen LogP contribution in [0.4, 0.5) is 0 Å². The number of hydrogen-bond acceptors (Lipinski definition) is 3. The van der Waals surface area contributed by atoms with Crippen LogP contribution in [-0.4, -0.2) is 33.9 Å². The monoisotopic (exact) mass is 235 g/mol. The number of rotatable bonds is 4. The molecule has 3 nitrogen and oxygen atoms in total. The third-order valence-electron chi connectivity index (χ3n) is 3.67. The molecule has 0 atom stereocenters. The molecule has 1 aliphatic heterocycles. The molecule has 3 heteroatoms. The van der Waals surface area contributed by atoms with Crippen LogP contribution in [0.5, 0.6) is 5.75 Å². The van der Waals surface area contributed by atoms with Crippen LogP contribution in [0.15, 0.2) is 24.3 Å². The van der Waals surface area contributed by atoms with Gasteiger partial charge in [0.2, 0.25) is 0 Å². The SMILES string of the molecule is CNCC1(c2ccc(OC)cc2)CCOCC1. The lowest BCUT2D eigenvalue weighted by atomic mass is 9.74. The van der Waals surface area contributed by atoms with E-state index in [0.717, 1.165) is 38.3 Å². The van der Waals surface area contributed by atoms with Crippen molar-refractivity contribution >= 4 is 0 Å². The van der Waals surface area contributed by atoms with E-state index in [2.05, 4.69) is 17.4 Å². The first-order valence-corrected chi connectivity index (χ1v) is 6.18. The molecule has 94 valence electrons. The molecule has 1 saturated heterocycles. The van der Waals surface area contributed by atoms with E-state index in [4.69, 9.17) is 9.47 Å². The van der Waals surface area contributed by atoms with Crippen molar-refractivity contribution < 1.29 is 9.47 Å². The fourth-order valence-electron chi connectivity index (χ4n) is 2.61. The summed E-state index contributed by atoms with van der Waals surface area (Å²) in [6.07, 6.45) is 2.17. The van der Waals surface area contributed by atoms with E-state index >= 15 is 0 Å². The minimum absolute atomic E-state index is 0.221. The molecule has 0 radical (unpaired) electrons. The Bertz CT molecular complexity index is 336. The molecule has 17 heavy (non-hydrogen) atoms. The molecule has 1 heterocycles. The first-order chi connectivity index (χ1) is 8.30. The summed E-state index contributed by atoms with van der Waals surface area (Å²) < 4.78 is 10.7. The second-order valence-corrected chi connectivity index (χ2v) is 4.65. The van der Waals surface area contributed by atoms with Crippen LogP contribution in [0.1, 0.15) is 18.4 Å². The normalized spacial score (nSPS) is 18.9. The highest BCUT2D eigenvalue weighted by Crippen LogP contribution is 2.34. The zero-order valence-corrected chi connectivity index (χ0v) is 10.7. The second-order valence-electron chi connectivity index (χ2n) is 4.65. The Morgan fingerprint density at radius 3 is 2.41 bits per heavy atom. The number of benzene rings is 1. The quantitative estimate of drug-likeness (QED) is 0.865. The van der Waals surface area contributed by atoms with Crippen LogP contribution >= 0.6 is 0 Å². The summed E-state index contributed by atoms with van der Waals surface area (Å²) >= 11 is 0. The molecule has 0 aromatic heterocycles. The topological polar surface area (TPSA) is 30.5 Å². The van der Waals surface area contributed by atoms with Gasteiger partial charge < -0.3 is 14.8 Å². The van der Waals surface area contributed by atoms with Crippen LogP contribution in [-0.2, 0) is 10.2 Å². The summed E-state index contributed by atoms with van der Waals surface area (Å²) in [6, 6.07) is 8.45. The van der Waals surface area contributed by atoms with Crippen molar-refractivity contribution in [2.24, 2.45) is 0 Å². The number of ether oxygens (including phenoxy) is 2. The van der Waals surface area contributed by atoms with Crippen molar-refractivity contribution in [2.75, 3.05) is 33.9 Å². The number of methoxy groups -OCH3 is 1. The van der Waals surface area contributed by atoms with E-state index < -0.39 is 0 Å². The Labute approximate surface area is 103 Å². The molecule has 2 rings (SSSR count). The smallest absolute Gasteiger partial charge is 0.118 e. The van der Waals surface area contributed by atoms with Gasteiger partial charge in [0.1, 0.15) is 5.75 Å². The zero-order chi connectivity index (χ0) is 12.1. The lowest BCUT2D eigenvalue weighted by Gasteiger charge is -2.37. The van der Waals surface area contributed by atoms with E-state index in [-0.39, 0.29) is 5.41 Å². The third kappa shape index (κ3) is 2.61. The van der Waals surface area contributed by atoms with Crippen LogP contribution in [0.25, 0.3) is 0 Å². The van der Waals surface area contributed by atoms with Crippen LogP contribution < -0.4 is 10.1 Å². The molecule has 1 aromatic rings. The highest BCUT2D eigenvalue weighted by atomic mass is 16.5. The first-order valence-electron chi connectivity index (χ1n) is 6.18. The van der Waals surface area contributed by atoms with Gasteiger partial charge in [-0.3, -0.25) is 0 Å². The number of nitrogens with one attached hydrogen (secondary N) is 1. The number of likely N-dealkylation sites (N-methyl/N-ethyl adjacent to an activating group) is 1. The van der Waals surface area contributed by atoms with Crippen molar-refractivity contribution in [3.8, 4) is 5.75 Å². The maximum Gasteiger partial charge on any atom is 0.118 e. The molecule has 1 N–H and O–H groups in total. The average Bonchev–Trinajstić information content (AvgIpc) is 2.40. The molecule has 1 aliphatic rings. The Balaban J connectivity index is 2.24. The first kappa shape index (κ1) is 12.4. The van der Waals surface area contributed by atoms with Crippen molar-refractivity contribution in [2.45, 2.75) is 18.3 Å². The van der Waals surface area contributed by atoms with Gasteiger partial charge in [-0.05, 0) is 37.6 Å². The van der Waals surface area contributed by atoms with Gasteiger partial charge in [-0.15, -0.1) is 0 Å². The molecule has 0 unspecified atom stereocenters. The summed E-state index contributed by atoms with van der Waals surface area (Å²) in [7, 11) is 3.72. The van der Waals surface area contributed by atoms with Gasteiger partial charge in [-0.1, -0.05) is 12.1 Å². The number of hydrogen-bond donors (Lipinski definition) is 1. The minimum Gasteiger partial charge on any atom is -0.497 e. The van der Waals surface area contributed by atoms with Crippen molar-refractivity contribution in [1.82, 2.24) is 5.32 Å². The average molecular weight is 235 g/mol. The summed E-state index contributed by atoms with van der Waals surface area (Å²) in [5, 5.41) is 3.32. The minimum atomic E-state index is 0.221. The standard InChI is InChI=1S/C14H21NO2/c1-15-11-14(7-9-17-10-8-14)12-3-5-13(16-2)6-4-12/h3-6,15H,7-11H2,1-2H3. The predicted molar refractivity (Wildman–Crippen MR) is 68.7 cm³/mol. The fraction of sp³-hybridized carbons (Fsp3) is 0.571. The van der Waals surface area contributed by atoms with Gasteiger partial charge in [0.15, 0.2) is 0 Å². The fourth-order valence-corrected chi connectivity index (χ4v) is 2.61. The van der Waals surface area contributed by atoms with Gasteiger partial charge >= 0.3 is 0 Å². The lowest BCUT2D eigenvalue weighted by Crippen LogP contribution is -2.41. The Kier molecular flexibility index (Phi) is 4.02. The predicted octanol–water partition coefficient (Wildman–Crippen LogP) is 1.96. The Hall–Kier alpha value is -1.06. The van der Waals surface area contributed by atoms with Crippen molar-refractivity contribution in [1.29, 1.82) is 0 Å². The largest absolute Gasteiger partial charge is 0.497 e. The summed E-state index contributed by atoms with van der Waals surface area (Å²) in [5.41, 5.74) is 1.61. The zero-order valence-electron chi connectivity index (χ0n) is 10.7. The van der Waals surface area contributed by atoms with Crippen LogP contribution in [0.2, 0.25) is 0 Å². The highest BCUT2D eigenvalue weighted by molar-refractivity contribution is 5.33. The third-order valence-corrected chi connectivity index (χ3v) is 3.67.